The Balaban J connectivity index is 1.52. The molecule has 2 aromatic carbocycles. The summed E-state index contributed by atoms with van der Waals surface area (Å²) in [7, 11) is 0. The van der Waals surface area contributed by atoms with Gasteiger partial charge >= 0.3 is 0 Å². The molecule has 1 fully saturated rings. The molecule has 0 saturated heterocycles. The highest BCUT2D eigenvalue weighted by Gasteiger charge is 2.19. The molecule has 146 valence electrons. The molecule has 0 unspecified atom stereocenters. The number of carbonyl (C=O) groups is 1. The van der Waals surface area contributed by atoms with Gasteiger partial charge in [0.05, 0.1) is 22.5 Å². The Morgan fingerprint density at radius 1 is 1.14 bits per heavy atom. The predicted octanol–water partition coefficient (Wildman–Crippen LogP) is 5.57. The van der Waals surface area contributed by atoms with Gasteiger partial charge in [-0.05, 0) is 43.4 Å². The molecule has 1 heterocycles. The van der Waals surface area contributed by atoms with Gasteiger partial charge in [0, 0.05) is 10.1 Å². The van der Waals surface area contributed by atoms with Crippen molar-refractivity contribution >= 4 is 46.2 Å². The second-order valence-corrected chi connectivity index (χ2v) is 9.31. The van der Waals surface area contributed by atoms with Crippen molar-refractivity contribution in [2.45, 2.75) is 48.1 Å². The third-order valence-electron chi connectivity index (χ3n) is 5.07. The maximum atomic E-state index is 12.9. The molecule has 0 aliphatic heterocycles. The van der Waals surface area contributed by atoms with E-state index in [9.17, 15) is 4.79 Å². The normalized spacial score (nSPS) is 14.6. The number of fused-ring (bicyclic) bond motifs is 1. The first-order chi connectivity index (χ1) is 13.7. The number of hydrogen-bond donors (Lipinski definition) is 1. The van der Waals surface area contributed by atoms with Crippen LogP contribution in [0.1, 0.15) is 31.5 Å². The number of nitrogens with zero attached hydrogens (tertiary/aromatic N) is 2. The highest BCUT2D eigenvalue weighted by Crippen LogP contribution is 2.38. The number of thioether (sulfide) groups is 2. The van der Waals surface area contributed by atoms with Crippen molar-refractivity contribution in [3.05, 3.63) is 54.4 Å². The van der Waals surface area contributed by atoms with Crippen molar-refractivity contribution in [3.8, 4) is 0 Å². The number of amides is 1. The summed E-state index contributed by atoms with van der Waals surface area (Å²) in [5, 5.41) is 3.81. The number of para-hydroxylation sites is 3. The summed E-state index contributed by atoms with van der Waals surface area (Å²) in [6.45, 7) is 0.277. The van der Waals surface area contributed by atoms with Gasteiger partial charge in [-0.25, -0.2) is 4.98 Å². The van der Waals surface area contributed by atoms with Crippen LogP contribution in [0.2, 0.25) is 0 Å². The van der Waals surface area contributed by atoms with E-state index < -0.39 is 0 Å². The maximum Gasteiger partial charge on any atom is 0.244 e. The second kappa shape index (κ2) is 9.05. The molecule has 1 aliphatic rings. The van der Waals surface area contributed by atoms with E-state index in [0.717, 1.165) is 28.3 Å². The first-order valence-electron chi connectivity index (χ1n) is 9.73. The lowest BCUT2D eigenvalue weighted by Crippen LogP contribution is -2.20. The zero-order chi connectivity index (χ0) is 19.3. The number of nitrogens with one attached hydrogen (secondary N) is 1. The minimum absolute atomic E-state index is 0.00928. The van der Waals surface area contributed by atoms with Crippen LogP contribution in [0, 0.1) is 0 Å². The summed E-state index contributed by atoms with van der Waals surface area (Å²) in [5.41, 5.74) is 2.87. The van der Waals surface area contributed by atoms with Gasteiger partial charge in [-0.2, -0.15) is 11.8 Å². The molecular weight excluding hydrogens is 386 g/mol. The third-order valence-corrected chi connectivity index (χ3v) is 7.03. The van der Waals surface area contributed by atoms with Crippen molar-refractivity contribution < 1.29 is 4.79 Å². The molecule has 28 heavy (non-hydrogen) atoms. The molecule has 1 aliphatic carbocycles. The van der Waals surface area contributed by atoms with Gasteiger partial charge in [0.2, 0.25) is 5.91 Å². The van der Waals surface area contributed by atoms with Crippen molar-refractivity contribution in [3.63, 3.8) is 0 Å². The molecule has 4 nitrogen and oxygen atoms in total. The first kappa shape index (κ1) is 19.4. The standard InChI is InChI=1S/C22H25N3OS2/c1-27-15-21-23-17-10-4-6-12-19(17)25(21)14-22(26)24-18-11-5-7-13-20(18)28-16-8-2-3-9-16/h4-7,10-13,16H,2-3,8-9,14-15H2,1H3,(H,24,26). The largest absolute Gasteiger partial charge is 0.324 e. The van der Waals surface area contributed by atoms with E-state index in [1.54, 1.807) is 11.8 Å². The van der Waals surface area contributed by atoms with Crippen LogP contribution < -0.4 is 5.32 Å². The van der Waals surface area contributed by atoms with Crippen LogP contribution >= 0.6 is 23.5 Å². The fourth-order valence-corrected chi connectivity index (χ4v) is 5.54. The topological polar surface area (TPSA) is 46.9 Å². The zero-order valence-corrected chi connectivity index (χ0v) is 17.7. The number of hydrogen-bond acceptors (Lipinski definition) is 4. The monoisotopic (exact) mass is 411 g/mol. The number of carbonyl (C=O) groups excluding carboxylic acids is 1. The summed E-state index contributed by atoms with van der Waals surface area (Å²) in [4.78, 5) is 18.8. The number of rotatable bonds is 7. The van der Waals surface area contributed by atoms with Crippen molar-refractivity contribution in [1.82, 2.24) is 9.55 Å². The fourth-order valence-electron chi connectivity index (χ4n) is 3.73. The van der Waals surface area contributed by atoms with Gasteiger partial charge in [0.15, 0.2) is 0 Å². The van der Waals surface area contributed by atoms with Gasteiger partial charge in [-0.3, -0.25) is 4.79 Å². The lowest BCUT2D eigenvalue weighted by atomic mass is 10.3. The fraction of sp³-hybridized carbons (Fsp3) is 0.364. The van der Waals surface area contributed by atoms with E-state index in [-0.39, 0.29) is 12.5 Å². The summed E-state index contributed by atoms with van der Waals surface area (Å²) >= 11 is 3.62. The number of benzene rings is 2. The van der Waals surface area contributed by atoms with Crippen LogP contribution in [0.15, 0.2) is 53.4 Å². The van der Waals surface area contributed by atoms with E-state index in [2.05, 4.69) is 17.6 Å². The van der Waals surface area contributed by atoms with Crippen LogP contribution in [0.4, 0.5) is 5.69 Å². The number of imidazole rings is 1. The lowest BCUT2D eigenvalue weighted by molar-refractivity contribution is -0.116. The maximum absolute atomic E-state index is 12.9. The molecule has 1 aromatic heterocycles. The molecule has 0 bridgehead atoms. The lowest BCUT2D eigenvalue weighted by Gasteiger charge is -2.15. The average Bonchev–Trinajstić information content (AvgIpc) is 3.32. The Morgan fingerprint density at radius 2 is 1.89 bits per heavy atom. The Kier molecular flexibility index (Phi) is 6.27. The van der Waals surface area contributed by atoms with Crippen LogP contribution in [0.5, 0.6) is 0 Å². The predicted molar refractivity (Wildman–Crippen MR) is 120 cm³/mol. The minimum atomic E-state index is -0.00928. The van der Waals surface area contributed by atoms with Gasteiger partial charge in [0.25, 0.3) is 0 Å². The molecule has 0 radical (unpaired) electrons. The van der Waals surface area contributed by atoms with Gasteiger partial charge < -0.3 is 9.88 Å². The molecule has 1 saturated carbocycles. The van der Waals surface area contributed by atoms with E-state index >= 15 is 0 Å². The second-order valence-electron chi connectivity index (χ2n) is 7.10. The summed E-state index contributed by atoms with van der Waals surface area (Å²) in [6, 6.07) is 16.2. The van der Waals surface area contributed by atoms with E-state index in [4.69, 9.17) is 4.98 Å². The molecule has 1 amide bonds. The third kappa shape index (κ3) is 4.39. The molecule has 6 heteroatoms. The molecule has 0 spiro atoms. The van der Waals surface area contributed by atoms with E-state index in [0.29, 0.717) is 5.25 Å². The van der Waals surface area contributed by atoms with Gasteiger partial charge in [-0.15, -0.1) is 11.8 Å². The van der Waals surface area contributed by atoms with E-state index in [1.807, 2.05) is 58.8 Å². The van der Waals surface area contributed by atoms with Crippen LogP contribution in [0.25, 0.3) is 11.0 Å². The molecular formula is C22H25N3OS2. The Labute approximate surface area is 174 Å². The smallest absolute Gasteiger partial charge is 0.244 e. The minimum Gasteiger partial charge on any atom is -0.324 e. The zero-order valence-electron chi connectivity index (χ0n) is 16.1. The Morgan fingerprint density at radius 3 is 2.71 bits per heavy atom. The van der Waals surface area contributed by atoms with Crippen LogP contribution in [0.3, 0.4) is 0 Å². The summed E-state index contributed by atoms with van der Waals surface area (Å²) < 4.78 is 2.04. The van der Waals surface area contributed by atoms with Crippen molar-refractivity contribution in [2.75, 3.05) is 11.6 Å². The molecule has 3 aromatic rings. The quantitative estimate of drug-likeness (QED) is 0.552. The van der Waals surface area contributed by atoms with Crippen LogP contribution in [-0.2, 0) is 17.1 Å². The van der Waals surface area contributed by atoms with Gasteiger partial charge in [0.1, 0.15) is 12.4 Å². The van der Waals surface area contributed by atoms with Crippen molar-refractivity contribution in [2.24, 2.45) is 0 Å². The molecule has 4 rings (SSSR count). The Bertz CT molecular complexity index is 963. The highest BCUT2D eigenvalue weighted by atomic mass is 32.2. The summed E-state index contributed by atoms with van der Waals surface area (Å²) in [5.74, 6) is 1.72. The molecule has 1 N–H and O–H groups in total. The molecule has 0 atom stereocenters. The number of aromatic nitrogens is 2. The summed E-state index contributed by atoms with van der Waals surface area (Å²) in [6.07, 6.45) is 7.23. The van der Waals surface area contributed by atoms with E-state index in [1.165, 1.54) is 30.6 Å². The van der Waals surface area contributed by atoms with Crippen molar-refractivity contribution in [1.29, 1.82) is 0 Å². The van der Waals surface area contributed by atoms with Gasteiger partial charge in [-0.1, -0.05) is 37.1 Å². The first-order valence-corrected chi connectivity index (χ1v) is 12.0. The van der Waals surface area contributed by atoms with Crippen LogP contribution in [-0.4, -0.2) is 27.0 Å². The Hall–Kier alpha value is -1.92. The SMILES string of the molecule is CSCc1nc2ccccc2n1CC(=O)Nc1ccccc1SC1CCCC1. The number of anilines is 1. The average molecular weight is 412 g/mol. The highest BCUT2D eigenvalue weighted by molar-refractivity contribution is 8.00.